The number of rotatable bonds is 2. The first-order valence-corrected chi connectivity index (χ1v) is 4.30. The number of ether oxygens (including phenoxy) is 1. The smallest absolute Gasteiger partial charge is 0.167 e. The van der Waals surface area contributed by atoms with Crippen LogP contribution in [0.15, 0.2) is 0 Å². The number of aliphatic hydroxyl groups is 4. The molecule has 0 aromatic heterocycles. The van der Waals surface area contributed by atoms with Crippen molar-refractivity contribution < 1.29 is 30.0 Å². The molecule has 0 aromatic carbocycles. The number of ketones is 1. The molecule has 1 fully saturated rings. The third-order valence-corrected chi connectivity index (χ3v) is 2.37. The lowest BCUT2D eigenvalue weighted by atomic mass is 9.88. The van der Waals surface area contributed by atoms with Crippen molar-refractivity contribution in [3.63, 3.8) is 0 Å². The average Bonchev–Trinajstić information content (AvgIpc) is 2.10. The first-order valence-electron chi connectivity index (χ1n) is 4.30. The van der Waals surface area contributed by atoms with Gasteiger partial charge in [0.2, 0.25) is 0 Å². The van der Waals surface area contributed by atoms with Crippen LogP contribution in [0.1, 0.15) is 6.92 Å². The zero-order valence-corrected chi connectivity index (χ0v) is 7.70. The molecule has 0 saturated carbocycles. The molecule has 1 heterocycles. The summed E-state index contributed by atoms with van der Waals surface area (Å²) in [5, 5.41) is 36.9. The highest BCUT2D eigenvalue weighted by Crippen LogP contribution is 2.25. The van der Waals surface area contributed by atoms with E-state index in [4.69, 9.17) is 9.84 Å². The Morgan fingerprint density at radius 3 is 2.29 bits per heavy atom. The molecule has 0 bridgehead atoms. The summed E-state index contributed by atoms with van der Waals surface area (Å²) in [4.78, 5) is 11.0. The third-order valence-electron chi connectivity index (χ3n) is 2.37. The Morgan fingerprint density at radius 1 is 1.29 bits per heavy atom. The van der Waals surface area contributed by atoms with E-state index in [1.807, 2.05) is 0 Å². The summed E-state index contributed by atoms with van der Waals surface area (Å²) >= 11 is 0. The van der Waals surface area contributed by atoms with Gasteiger partial charge in [-0.1, -0.05) is 0 Å². The maximum Gasteiger partial charge on any atom is 0.167 e. The van der Waals surface area contributed by atoms with Gasteiger partial charge >= 0.3 is 0 Å². The van der Waals surface area contributed by atoms with Crippen LogP contribution >= 0.6 is 0 Å². The van der Waals surface area contributed by atoms with Gasteiger partial charge in [-0.15, -0.1) is 0 Å². The highest BCUT2D eigenvalue weighted by molar-refractivity contribution is 5.79. The minimum absolute atomic E-state index is 0.472. The second kappa shape index (κ2) is 4.33. The second-order valence-corrected chi connectivity index (χ2v) is 3.37. The standard InChI is InChI=1S/C8H14O6/c1-3(10)5-7(12)6(11)4(2-9)14-8(5)13/h4-9,11-13H,2H2,1H3. The lowest BCUT2D eigenvalue weighted by Crippen LogP contribution is -2.57. The number of Topliss-reactive ketones (excluding diaryl/α,β-unsaturated/α-hetero) is 1. The number of aliphatic hydroxyl groups excluding tert-OH is 4. The van der Waals surface area contributed by atoms with E-state index in [2.05, 4.69) is 0 Å². The predicted octanol–water partition coefficient (Wildman–Crippen LogP) is -2.38. The Hall–Kier alpha value is -0.530. The minimum Gasteiger partial charge on any atom is -0.394 e. The fraction of sp³-hybridized carbons (Fsp3) is 0.875. The Labute approximate surface area is 80.7 Å². The van der Waals surface area contributed by atoms with Crippen LogP contribution in [0.3, 0.4) is 0 Å². The second-order valence-electron chi connectivity index (χ2n) is 3.37. The molecule has 1 rings (SSSR count). The Balaban J connectivity index is 2.79. The maximum absolute atomic E-state index is 11.0. The molecule has 14 heavy (non-hydrogen) atoms. The molecule has 82 valence electrons. The molecular weight excluding hydrogens is 192 g/mol. The predicted molar refractivity (Wildman–Crippen MR) is 44.2 cm³/mol. The molecule has 0 spiro atoms. The molecule has 0 aromatic rings. The van der Waals surface area contributed by atoms with Gasteiger partial charge in [-0.2, -0.15) is 0 Å². The van der Waals surface area contributed by atoms with Gasteiger partial charge < -0.3 is 25.2 Å². The number of carbonyl (C=O) groups is 1. The molecule has 5 unspecified atom stereocenters. The first kappa shape index (κ1) is 11.5. The van der Waals surface area contributed by atoms with E-state index in [0.29, 0.717) is 0 Å². The lowest BCUT2D eigenvalue weighted by molar-refractivity contribution is -0.263. The van der Waals surface area contributed by atoms with Gasteiger partial charge in [-0.25, -0.2) is 0 Å². The molecule has 0 aliphatic carbocycles. The van der Waals surface area contributed by atoms with Crippen LogP contribution in [0.5, 0.6) is 0 Å². The van der Waals surface area contributed by atoms with Gasteiger partial charge in [0.15, 0.2) is 6.29 Å². The molecule has 1 saturated heterocycles. The van der Waals surface area contributed by atoms with Crippen molar-refractivity contribution in [3.8, 4) is 0 Å². The SMILES string of the molecule is CC(=O)C1C(O)OC(CO)C(O)C1O. The van der Waals surface area contributed by atoms with Gasteiger partial charge in [-0.05, 0) is 6.92 Å². The van der Waals surface area contributed by atoms with Crippen LogP contribution in [-0.2, 0) is 9.53 Å². The molecule has 5 atom stereocenters. The van der Waals surface area contributed by atoms with Gasteiger partial charge in [0, 0.05) is 0 Å². The largest absolute Gasteiger partial charge is 0.394 e. The van der Waals surface area contributed by atoms with Gasteiger partial charge in [-0.3, -0.25) is 4.79 Å². The molecule has 6 nitrogen and oxygen atoms in total. The van der Waals surface area contributed by atoms with Crippen LogP contribution in [0.4, 0.5) is 0 Å². The minimum atomic E-state index is -1.48. The van der Waals surface area contributed by atoms with Crippen LogP contribution in [0, 0.1) is 5.92 Å². The summed E-state index contributed by atoms with van der Waals surface area (Å²) in [6, 6.07) is 0. The summed E-state index contributed by atoms with van der Waals surface area (Å²) in [5.74, 6) is -1.63. The fourth-order valence-corrected chi connectivity index (χ4v) is 1.54. The van der Waals surface area contributed by atoms with E-state index in [1.165, 1.54) is 6.92 Å². The van der Waals surface area contributed by atoms with Crippen molar-refractivity contribution in [1.82, 2.24) is 0 Å². The molecule has 4 N–H and O–H groups in total. The summed E-state index contributed by atoms with van der Waals surface area (Å²) in [6.45, 7) is 0.659. The van der Waals surface area contributed by atoms with E-state index in [0.717, 1.165) is 0 Å². The summed E-state index contributed by atoms with van der Waals surface area (Å²) in [5.41, 5.74) is 0. The monoisotopic (exact) mass is 206 g/mol. The Morgan fingerprint density at radius 2 is 1.86 bits per heavy atom. The van der Waals surface area contributed by atoms with Crippen molar-refractivity contribution in [1.29, 1.82) is 0 Å². The zero-order valence-electron chi connectivity index (χ0n) is 7.70. The van der Waals surface area contributed by atoms with Crippen molar-refractivity contribution in [2.24, 2.45) is 5.92 Å². The molecule has 0 radical (unpaired) electrons. The van der Waals surface area contributed by atoms with Gasteiger partial charge in [0.25, 0.3) is 0 Å². The van der Waals surface area contributed by atoms with Crippen molar-refractivity contribution in [3.05, 3.63) is 0 Å². The zero-order chi connectivity index (χ0) is 10.9. The van der Waals surface area contributed by atoms with Gasteiger partial charge in [0.05, 0.1) is 18.6 Å². The normalized spacial score (nSPS) is 43.6. The fourth-order valence-electron chi connectivity index (χ4n) is 1.54. The van der Waals surface area contributed by atoms with Crippen molar-refractivity contribution in [2.75, 3.05) is 6.61 Å². The first-order chi connectivity index (χ1) is 6.49. The third kappa shape index (κ3) is 1.94. The lowest BCUT2D eigenvalue weighted by Gasteiger charge is -2.38. The van der Waals surface area contributed by atoms with E-state index < -0.39 is 42.9 Å². The molecule has 6 heteroatoms. The van der Waals surface area contributed by atoms with Crippen LogP contribution in [0.25, 0.3) is 0 Å². The van der Waals surface area contributed by atoms with E-state index in [9.17, 15) is 20.1 Å². The van der Waals surface area contributed by atoms with Crippen LogP contribution in [0.2, 0.25) is 0 Å². The average molecular weight is 206 g/mol. The van der Waals surface area contributed by atoms with Crippen LogP contribution < -0.4 is 0 Å². The maximum atomic E-state index is 11.0. The Bertz CT molecular complexity index is 218. The van der Waals surface area contributed by atoms with Gasteiger partial charge in [0.1, 0.15) is 18.0 Å². The molecule has 1 aliphatic rings. The highest BCUT2D eigenvalue weighted by Gasteiger charge is 2.45. The van der Waals surface area contributed by atoms with E-state index in [-0.39, 0.29) is 0 Å². The number of hydrogen-bond donors (Lipinski definition) is 4. The van der Waals surface area contributed by atoms with Crippen molar-refractivity contribution in [2.45, 2.75) is 31.5 Å². The van der Waals surface area contributed by atoms with E-state index >= 15 is 0 Å². The topological polar surface area (TPSA) is 107 Å². The van der Waals surface area contributed by atoms with E-state index in [1.54, 1.807) is 0 Å². The quantitative estimate of drug-likeness (QED) is 0.402. The molecule has 1 aliphatic heterocycles. The molecule has 0 amide bonds. The summed E-state index contributed by atoms with van der Waals surface area (Å²) < 4.78 is 4.77. The molecular formula is C8H14O6. The summed E-state index contributed by atoms with van der Waals surface area (Å²) in [6.07, 6.45) is -5.32. The Kier molecular flexibility index (Phi) is 3.57. The highest BCUT2D eigenvalue weighted by atomic mass is 16.6. The van der Waals surface area contributed by atoms with Crippen LogP contribution in [-0.4, -0.2) is 57.4 Å². The number of hydrogen-bond acceptors (Lipinski definition) is 6. The van der Waals surface area contributed by atoms with Crippen molar-refractivity contribution >= 4 is 5.78 Å². The summed E-state index contributed by atoms with van der Waals surface area (Å²) in [7, 11) is 0. The number of carbonyl (C=O) groups excluding carboxylic acids is 1.